The molecule has 3 heterocycles. The summed E-state index contributed by atoms with van der Waals surface area (Å²) in [5.41, 5.74) is 6.40. The second kappa shape index (κ2) is 6.05. The Kier molecular flexibility index (Phi) is 3.96. The number of aromatic nitrogens is 2. The summed E-state index contributed by atoms with van der Waals surface area (Å²) < 4.78 is 0. The molecule has 0 unspecified atom stereocenters. The van der Waals surface area contributed by atoms with E-state index in [1.807, 2.05) is 36.5 Å². The lowest BCUT2D eigenvalue weighted by atomic mass is 10.2. The molecule has 0 bridgehead atoms. The molecule has 0 spiro atoms. The quantitative estimate of drug-likeness (QED) is 0.866. The lowest BCUT2D eigenvalue weighted by Gasteiger charge is -2.36. The van der Waals surface area contributed by atoms with Gasteiger partial charge in [-0.1, -0.05) is 18.3 Å². The summed E-state index contributed by atoms with van der Waals surface area (Å²) >= 11 is 4.94. The number of piperazine rings is 1. The fourth-order valence-electron chi connectivity index (χ4n) is 2.42. The standard InChI is InChI=1S/C15H17N5S/c16-15(21)12-4-5-14(18-11-12)20-9-7-19(8-10-20)13-3-1-2-6-17-13/h1-6,11H,7-10H2,(H2,16,21). The molecular weight excluding hydrogens is 282 g/mol. The summed E-state index contributed by atoms with van der Waals surface area (Å²) in [5.74, 6) is 2.00. The highest BCUT2D eigenvalue weighted by Gasteiger charge is 2.18. The van der Waals surface area contributed by atoms with Crippen LogP contribution in [-0.4, -0.2) is 41.1 Å². The molecule has 2 aromatic heterocycles. The molecule has 3 rings (SSSR count). The highest BCUT2D eigenvalue weighted by molar-refractivity contribution is 7.80. The number of hydrogen-bond donors (Lipinski definition) is 1. The average Bonchev–Trinajstić information content (AvgIpc) is 2.56. The highest BCUT2D eigenvalue weighted by atomic mass is 32.1. The van der Waals surface area contributed by atoms with E-state index >= 15 is 0 Å². The number of hydrogen-bond acceptors (Lipinski definition) is 5. The zero-order chi connectivity index (χ0) is 14.7. The molecule has 0 radical (unpaired) electrons. The van der Waals surface area contributed by atoms with Crippen LogP contribution in [0.25, 0.3) is 0 Å². The van der Waals surface area contributed by atoms with Gasteiger partial charge in [-0.15, -0.1) is 0 Å². The normalized spacial score (nSPS) is 15.0. The number of rotatable bonds is 3. The summed E-state index contributed by atoms with van der Waals surface area (Å²) in [7, 11) is 0. The van der Waals surface area contributed by atoms with Crippen LogP contribution in [0.2, 0.25) is 0 Å². The van der Waals surface area contributed by atoms with Crippen molar-refractivity contribution in [1.82, 2.24) is 9.97 Å². The SMILES string of the molecule is NC(=S)c1ccc(N2CCN(c3ccccn3)CC2)nc1. The average molecular weight is 299 g/mol. The first-order valence-electron chi connectivity index (χ1n) is 6.91. The van der Waals surface area contributed by atoms with Crippen LogP contribution in [0.1, 0.15) is 5.56 Å². The van der Waals surface area contributed by atoms with Crippen molar-refractivity contribution in [2.75, 3.05) is 36.0 Å². The molecule has 5 nitrogen and oxygen atoms in total. The number of nitrogens with zero attached hydrogens (tertiary/aromatic N) is 4. The fourth-order valence-corrected chi connectivity index (χ4v) is 2.55. The van der Waals surface area contributed by atoms with Gasteiger partial charge in [0.05, 0.1) is 0 Å². The Morgan fingerprint density at radius 3 is 2.10 bits per heavy atom. The van der Waals surface area contributed by atoms with Crippen molar-refractivity contribution < 1.29 is 0 Å². The maximum atomic E-state index is 5.59. The molecule has 6 heteroatoms. The van der Waals surface area contributed by atoms with Crippen molar-refractivity contribution >= 4 is 28.8 Å². The highest BCUT2D eigenvalue weighted by Crippen LogP contribution is 2.17. The lowest BCUT2D eigenvalue weighted by molar-refractivity contribution is 0.642. The van der Waals surface area contributed by atoms with E-state index in [9.17, 15) is 0 Å². The van der Waals surface area contributed by atoms with Gasteiger partial charge in [-0.3, -0.25) is 0 Å². The summed E-state index contributed by atoms with van der Waals surface area (Å²) in [4.78, 5) is 13.8. The molecule has 0 aromatic carbocycles. The van der Waals surface area contributed by atoms with E-state index in [0.29, 0.717) is 4.99 Å². The van der Waals surface area contributed by atoms with E-state index in [-0.39, 0.29) is 0 Å². The van der Waals surface area contributed by atoms with E-state index in [2.05, 4.69) is 19.8 Å². The van der Waals surface area contributed by atoms with E-state index < -0.39 is 0 Å². The van der Waals surface area contributed by atoms with Crippen LogP contribution >= 0.6 is 12.2 Å². The zero-order valence-electron chi connectivity index (χ0n) is 11.6. The van der Waals surface area contributed by atoms with Crippen LogP contribution in [-0.2, 0) is 0 Å². The molecule has 2 aromatic rings. The van der Waals surface area contributed by atoms with Gasteiger partial charge < -0.3 is 15.5 Å². The van der Waals surface area contributed by atoms with Crippen LogP contribution in [0.5, 0.6) is 0 Å². The molecular formula is C15H17N5S. The Morgan fingerprint density at radius 1 is 0.952 bits per heavy atom. The van der Waals surface area contributed by atoms with E-state index in [4.69, 9.17) is 18.0 Å². The van der Waals surface area contributed by atoms with Gasteiger partial charge in [-0.25, -0.2) is 9.97 Å². The smallest absolute Gasteiger partial charge is 0.128 e. The third kappa shape index (κ3) is 3.11. The van der Waals surface area contributed by atoms with Crippen molar-refractivity contribution in [3.05, 3.63) is 48.3 Å². The van der Waals surface area contributed by atoms with Crippen LogP contribution in [0.15, 0.2) is 42.7 Å². The van der Waals surface area contributed by atoms with Gasteiger partial charge in [0.1, 0.15) is 16.6 Å². The third-order valence-corrected chi connectivity index (χ3v) is 3.85. The number of nitrogens with two attached hydrogens (primary N) is 1. The molecule has 0 aliphatic carbocycles. The minimum atomic E-state index is 0.383. The summed E-state index contributed by atoms with van der Waals surface area (Å²) in [6, 6.07) is 9.91. The maximum absolute atomic E-state index is 5.59. The molecule has 1 fully saturated rings. The molecule has 0 saturated carbocycles. The van der Waals surface area contributed by atoms with Crippen molar-refractivity contribution in [2.24, 2.45) is 5.73 Å². The first kappa shape index (κ1) is 13.8. The Morgan fingerprint density at radius 2 is 1.62 bits per heavy atom. The van der Waals surface area contributed by atoms with Gasteiger partial charge in [-0.2, -0.15) is 0 Å². The monoisotopic (exact) mass is 299 g/mol. The maximum Gasteiger partial charge on any atom is 0.128 e. The molecule has 0 atom stereocenters. The van der Waals surface area contributed by atoms with Gasteiger partial charge in [0.25, 0.3) is 0 Å². The Balaban J connectivity index is 1.64. The second-order valence-corrected chi connectivity index (χ2v) is 5.37. The van der Waals surface area contributed by atoms with Crippen molar-refractivity contribution in [1.29, 1.82) is 0 Å². The summed E-state index contributed by atoms with van der Waals surface area (Å²) in [6.07, 6.45) is 3.57. The van der Waals surface area contributed by atoms with Crippen LogP contribution < -0.4 is 15.5 Å². The molecule has 2 N–H and O–H groups in total. The first-order valence-corrected chi connectivity index (χ1v) is 7.31. The van der Waals surface area contributed by atoms with Gasteiger partial charge in [-0.05, 0) is 24.3 Å². The topological polar surface area (TPSA) is 58.3 Å². The predicted octanol–water partition coefficient (Wildman–Crippen LogP) is 1.44. The van der Waals surface area contributed by atoms with Gasteiger partial charge >= 0.3 is 0 Å². The number of anilines is 2. The lowest BCUT2D eigenvalue weighted by Crippen LogP contribution is -2.47. The van der Waals surface area contributed by atoms with E-state index in [0.717, 1.165) is 43.4 Å². The van der Waals surface area contributed by atoms with Crippen LogP contribution in [0, 0.1) is 0 Å². The summed E-state index contributed by atoms with van der Waals surface area (Å²) in [5, 5.41) is 0. The van der Waals surface area contributed by atoms with Crippen molar-refractivity contribution in [3.63, 3.8) is 0 Å². The molecule has 21 heavy (non-hydrogen) atoms. The third-order valence-electron chi connectivity index (χ3n) is 3.61. The van der Waals surface area contributed by atoms with Gasteiger partial charge in [0.2, 0.25) is 0 Å². The first-order chi connectivity index (χ1) is 10.2. The zero-order valence-corrected chi connectivity index (χ0v) is 12.5. The Hall–Kier alpha value is -2.21. The molecule has 1 aliphatic rings. The van der Waals surface area contributed by atoms with Crippen molar-refractivity contribution in [2.45, 2.75) is 0 Å². The van der Waals surface area contributed by atoms with E-state index in [1.165, 1.54) is 0 Å². The Bertz CT molecular complexity index is 606. The van der Waals surface area contributed by atoms with Gasteiger partial charge in [0, 0.05) is 44.1 Å². The van der Waals surface area contributed by atoms with Gasteiger partial charge in [0.15, 0.2) is 0 Å². The molecule has 0 amide bonds. The Labute approximate surface area is 129 Å². The summed E-state index contributed by atoms with van der Waals surface area (Å²) in [6.45, 7) is 3.73. The molecule has 1 aliphatic heterocycles. The second-order valence-electron chi connectivity index (χ2n) is 4.93. The molecule has 108 valence electrons. The minimum Gasteiger partial charge on any atom is -0.389 e. The van der Waals surface area contributed by atoms with Crippen LogP contribution in [0.4, 0.5) is 11.6 Å². The fraction of sp³-hybridized carbons (Fsp3) is 0.267. The number of thiocarbonyl (C=S) groups is 1. The molecule has 1 saturated heterocycles. The number of pyridine rings is 2. The predicted molar refractivity (Wildman–Crippen MR) is 88.8 cm³/mol. The van der Waals surface area contributed by atoms with Crippen molar-refractivity contribution in [3.8, 4) is 0 Å². The largest absolute Gasteiger partial charge is 0.389 e. The van der Waals surface area contributed by atoms with Crippen LogP contribution in [0.3, 0.4) is 0 Å². The van der Waals surface area contributed by atoms with E-state index in [1.54, 1.807) is 6.20 Å². The minimum absolute atomic E-state index is 0.383.